The van der Waals surface area contributed by atoms with Gasteiger partial charge in [0.2, 0.25) is 5.91 Å². The predicted octanol–water partition coefficient (Wildman–Crippen LogP) is 3.86. The van der Waals surface area contributed by atoms with E-state index in [2.05, 4.69) is 56.9 Å². The van der Waals surface area contributed by atoms with Gasteiger partial charge >= 0.3 is 0 Å². The molecule has 1 aliphatic rings. The maximum Gasteiger partial charge on any atom is 0.223 e. The van der Waals surface area contributed by atoms with Gasteiger partial charge in [-0.3, -0.25) is 4.79 Å². The number of likely N-dealkylation sites (N-methyl/N-ethyl adjacent to an activating group) is 1. The molecule has 1 N–H and O–H groups in total. The Hall–Kier alpha value is -2.44. The number of carbonyl (C=O) groups excluding carboxylic acids is 1. The van der Waals surface area contributed by atoms with Crippen LogP contribution in [0.1, 0.15) is 12.8 Å². The second-order valence-electron chi connectivity index (χ2n) is 7.88. The van der Waals surface area contributed by atoms with Crippen LogP contribution < -0.4 is 10.2 Å². The van der Waals surface area contributed by atoms with Crippen LogP contribution in [0, 0.1) is 5.92 Å². The van der Waals surface area contributed by atoms with Gasteiger partial charge in [0.25, 0.3) is 0 Å². The zero-order valence-corrected chi connectivity index (χ0v) is 17.9. The minimum Gasteiger partial charge on any atom is -0.370 e. The van der Waals surface area contributed by atoms with Crippen LogP contribution in [0.15, 0.2) is 47.8 Å². The molecule has 1 amide bonds. The second-order valence-corrected chi connectivity index (χ2v) is 8.80. The number of fused-ring (bicyclic) bond motifs is 1. The van der Waals surface area contributed by atoms with Crippen molar-refractivity contribution in [2.45, 2.75) is 12.8 Å². The normalized spacial score (nSPS) is 15.2. The van der Waals surface area contributed by atoms with Crippen LogP contribution in [-0.4, -0.2) is 56.1 Å². The predicted molar refractivity (Wildman–Crippen MR) is 122 cm³/mol. The number of nitrogens with zero attached hydrogens (tertiary/aromatic N) is 3. The third-order valence-electron chi connectivity index (χ3n) is 5.53. The van der Waals surface area contributed by atoms with Gasteiger partial charge in [-0.1, -0.05) is 30.3 Å². The molecule has 1 aliphatic heterocycles. The molecule has 2 aromatic heterocycles. The van der Waals surface area contributed by atoms with Crippen LogP contribution in [-0.2, 0) is 4.79 Å². The molecule has 0 saturated carbocycles. The smallest absolute Gasteiger partial charge is 0.223 e. The van der Waals surface area contributed by atoms with Gasteiger partial charge in [0.05, 0.1) is 21.6 Å². The number of amides is 1. The van der Waals surface area contributed by atoms with Crippen molar-refractivity contribution in [1.82, 2.24) is 15.2 Å². The van der Waals surface area contributed by atoms with Gasteiger partial charge in [-0.2, -0.15) is 0 Å². The first kappa shape index (κ1) is 19.9. The van der Waals surface area contributed by atoms with Gasteiger partial charge in [-0.15, -0.1) is 11.3 Å². The molecule has 6 heteroatoms. The number of piperidine rings is 1. The first-order valence-corrected chi connectivity index (χ1v) is 11.1. The molecule has 3 heterocycles. The molecule has 4 rings (SSSR count). The lowest BCUT2D eigenvalue weighted by Crippen LogP contribution is -2.42. The monoisotopic (exact) mass is 408 g/mol. The van der Waals surface area contributed by atoms with Crippen molar-refractivity contribution in [3.8, 4) is 11.3 Å². The van der Waals surface area contributed by atoms with E-state index in [0.717, 1.165) is 49.2 Å². The van der Waals surface area contributed by atoms with Crippen molar-refractivity contribution >= 4 is 33.1 Å². The Labute approximate surface area is 176 Å². The summed E-state index contributed by atoms with van der Waals surface area (Å²) in [5.41, 5.74) is 4.44. The molecule has 152 valence electrons. The van der Waals surface area contributed by atoms with Gasteiger partial charge in [0.15, 0.2) is 0 Å². The van der Waals surface area contributed by atoms with Gasteiger partial charge in [0, 0.05) is 37.7 Å². The van der Waals surface area contributed by atoms with Gasteiger partial charge in [0.1, 0.15) is 0 Å². The third kappa shape index (κ3) is 4.60. The lowest BCUT2D eigenvalue weighted by molar-refractivity contribution is -0.125. The Morgan fingerprint density at radius 1 is 1.21 bits per heavy atom. The summed E-state index contributed by atoms with van der Waals surface area (Å²) in [7, 11) is 4.04. The summed E-state index contributed by atoms with van der Waals surface area (Å²) in [5, 5.41) is 5.20. The van der Waals surface area contributed by atoms with Crippen LogP contribution >= 0.6 is 11.3 Å². The summed E-state index contributed by atoms with van der Waals surface area (Å²) in [6.07, 6.45) is 1.79. The van der Waals surface area contributed by atoms with Crippen molar-refractivity contribution in [3.05, 3.63) is 47.8 Å². The van der Waals surface area contributed by atoms with Crippen molar-refractivity contribution < 1.29 is 4.79 Å². The van der Waals surface area contributed by atoms with Crippen LogP contribution in [0.3, 0.4) is 0 Å². The summed E-state index contributed by atoms with van der Waals surface area (Å²) in [6.45, 7) is 3.39. The van der Waals surface area contributed by atoms with Crippen molar-refractivity contribution in [2.75, 3.05) is 45.2 Å². The molecular weight excluding hydrogens is 380 g/mol. The number of pyridine rings is 1. The van der Waals surface area contributed by atoms with E-state index in [-0.39, 0.29) is 11.8 Å². The largest absolute Gasteiger partial charge is 0.370 e. The highest BCUT2D eigenvalue weighted by molar-refractivity contribution is 7.17. The molecule has 29 heavy (non-hydrogen) atoms. The Morgan fingerprint density at radius 2 is 1.97 bits per heavy atom. The van der Waals surface area contributed by atoms with E-state index in [1.165, 1.54) is 10.4 Å². The topological polar surface area (TPSA) is 48.5 Å². The molecule has 1 saturated heterocycles. The molecule has 3 aromatic rings. The van der Waals surface area contributed by atoms with Crippen LogP contribution in [0.2, 0.25) is 0 Å². The van der Waals surface area contributed by atoms with E-state index >= 15 is 0 Å². The van der Waals surface area contributed by atoms with Gasteiger partial charge in [-0.25, -0.2) is 4.98 Å². The summed E-state index contributed by atoms with van der Waals surface area (Å²) in [4.78, 5) is 21.9. The molecule has 1 aromatic carbocycles. The minimum absolute atomic E-state index is 0.114. The fourth-order valence-corrected chi connectivity index (χ4v) is 4.74. The molecular formula is C23H28N4OS. The quantitative estimate of drug-likeness (QED) is 0.673. The average molecular weight is 409 g/mol. The van der Waals surface area contributed by atoms with E-state index in [1.807, 2.05) is 20.2 Å². The zero-order valence-electron chi connectivity index (χ0n) is 17.1. The first-order valence-electron chi connectivity index (χ1n) is 10.2. The summed E-state index contributed by atoms with van der Waals surface area (Å²) < 4.78 is 1.23. The molecule has 0 aliphatic carbocycles. The molecule has 0 spiro atoms. The number of hydrogen-bond acceptors (Lipinski definition) is 5. The van der Waals surface area contributed by atoms with Crippen molar-refractivity contribution in [2.24, 2.45) is 5.92 Å². The number of carbonyl (C=O) groups is 1. The van der Waals surface area contributed by atoms with E-state index in [0.29, 0.717) is 6.54 Å². The fourth-order valence-electron chi connectivity index (χ4n) is 3.86. The first-order chi connectivity index (χ1) is 14.1. The highest BCUT2D eigenvalue weighted by Crippen LogP contribution is 2.36. The maximum absolute atomic E-state index is 12.5. The lowest BCUT2D eigenvalue weighted by atomic mass is 9.95. The van der Waals surface area contributed by atoms with E-state index in [9.17, 15) is 4.79 Å². The number of aromatic nitrogens is 1. The van der Waals surface area contributed by atoms with E-state index in [1.54, 1.807) is 11.3 Å². The number of anilines is 1. The molecule has 5 nitrogen and oxygen atoms in total. The summed E-state index contributed by atoms with van der Waals surface area (Å²) >= 11 is 1.74. The number of hydrogen-bond donors (Lipinski definition) is 1. The summed E-state index contributed by atoms with van der Waals surface area (Å²) in [5.74, 6) is 0.315. The molecule has 0 unspecified atom stereocenters. The Kier molecular flexibility index (Phi) is 6.11. The molecule has 0 atom stereocenters. The van der Waals surface area contributed by atoms with Crippen molar-refractivity contribution in [1.29, 1.82) is 0 Å². The molecule has 1 fully saturated rings. The lowest BCUT2D eigenvalue weighted by Gasteiger charge is -2.33. The Bertz CT molecular complexity index is 961. The van der Waals surface area contributed by atoms with Crippen LogP contribution in [0.4, 0.5) is 5.69 Å². The number of nitrogens with one attached hydrogen (secondary N) is 1. The van der Waals surface area contributed by atoms with E-state index < -0.39 is 0 Å². The van der Waals surface area contributed by atoms with Crippen LogP contribution in [0.5, 0.6) is 0 Å². The minimum atomic E-state index is 0.114. The second kappa shape index (κ2) is 8.93. The SMILES string of the molecule is CN(C)CCNC(=O)C1CCN(c2cc(-c3ccccc3)nc3ccsc23)CC1. The highest BCUT2D eigenvalue weighted by atomic mass is 32.1. The summed E-state index contributed by atoms with van der Waals surface area (Å²) in [6, 6.07) is 14.7. The maximum atomic E-state index is 12.5. The number of thiophene rings is 1. The highest BCUT2D eigenvalue weighted by Gasteiger charge is 2.26. The van der Waals surface area contributed by atoms with Gasteiger partial charge < -0.3 is 15.1 Å². The van der Waals surface area contributed by atoms with Crippen LogP contribution in [0.25, 0.3) is 21.5 Å². The molecule has 0 radical (unpaired) electrons. The standard InChI is InChI=1S/C23H28N4OS/c1-26(2)14-11-24-23(28)18-8-12-27(13-9-18)21-16-20(17-6-4-3-5-7-17)25-19-10-15-29-22(19)21/h3-7,10,15-16,18H,8-9,11-14H2,1-2H3,(H,24,28). The zero-order chi connectivity index (χ0) is 20.2. The third-order valence-corrected chi connectivity index (χ3v) is 6.45. The Balaban J connectivity index is 1.48. The van der Waals surface area contributed by atoms with Crippen molar-refractivity contribution in [3.63, 3.8) is 0 Å². The number of benzene rings is 1. The van der Waals surface area contributed by atoms with Gasteiger partial charge in [-0.05, 0) is 44.4 Å². The fraction of sp³-hybridized carbons (Fsp3) is 0.391. The Morgan fingerprint density at radius 3 is 2.69 bits per heavy atom. The number of rotatable bonds is 6. The molecule has 0 bridgehead atoms. The average Bonchev–Trinajstić information content (AvgIpc) is 3.22. The van der Waals surface area contributed by atoms with E-state index in [4.69, 9.17) is 4.98 Å².